The van der Waals surface area contributed by atoms with Crippen LogP contribution < -0.4 is 10.1 Å². The number of halogens is 4. The predicted molar refractivity (Wildman–Crippen MR) is 99.9 cm³/mol. The van der Waals surface area contributed by atoms with Crippen LogP contribution in [0.1, 0.15) is 49.3 Å². The molecule has 2 aliphatic rings. The number of hydrogen-bond donors (Lipinski definition) is 2. The minimum Gasteiger partial charge on any atom is -0.406 e. The van der Waals surface area contributed by atoms with Gasteiger partial charge in [-0.25, -0.2) is 4.39 Å². The summed E-state index contributed by atoms with van der Waals surface area (Å²) in [7, 11) is 0. The van der Waals surface area contributed by atoms with Gasteiger partial charge in [0, 0.05) is 11.1 Å². The van der Waals surface area contributed by atoms with Crippen molar-refractivity contribution in [2.75, 3.05) is 0 Å². The standard InChI is InChI=1S/C22H23F4NO2/c23-17-3-1-2-16(14-17)19(28)21-12-10-20(27-21,11-13-21)9-8-15-4-6-18(7-5-15)29-22(24,25)26/h1-7,14,19,27-28H,8-13H2. The van der Waals surface area contributed by atoms with E-state index in [1.54, 1.807) is 24.3 Å². The number of aliphatic hydroxyl groups excluding tert-OH is 1. The molecule has 0 saturated carbocycles. The molecule has 4 rings (SSSR count). The van der Waals surface area contributed by atoms with Gasteiger partial charge in [-0.1, -0.05) is 24.3 Å². The summed E-state index contributed by atoms with van der Waals surface area (Å²) < 4.78 is 54.3. The Morgan fingerprint density at radius 3 is 2.34 bits per heavy atom. The fourth-order valence-corrected chi connectivity index (χ4v) is 4.84. The molecule has 2 aliphatic heterocycles. The largest absolute Gasteiger partial charge is 0.573 e. The third kappa shape index (κ3) is 4.26. The molecule has 2 N–H and O–H groups in total. The molecule has 2 fully saturated rings. The lowest BCUT2D eigenvalue weighted by Crippen LogP contribution is -2.46. The first kappa shape index (κ1) is 20.2. The Labute approximate surface area is 166 Å². The van der Waals surface area contributed by atoms with Crippen LogP contribution >= 0.6 is 0 Å². The number of hydrogen-bond acceptors (Lipinski definition) is 3. The minimum absolute atomic E-state index is 0.102. The second-order valence-electron chi connectivity index (χ2n) is 8.21. The number of alkyl halides is 3. The zero-order valence-corrected chi connectivity index (χ0v) is 15.8. The first-order valence-electron chi connectivity index (χ1n) is 9.76. The molecule has 156 valence electrons. The maximum atomic E-state index is 13.6. The minimum atomic E-state index is -4.69. The predicted octanol–water partition coefficient (Wildman–Crippen LogP) is 5.05. The van der Waals surface area contributed by atoms with Crippen molar-refractivity contribution in [3.05, 3.63) is 65.5 Å². The highest BCUT2D eigenvalue weighted by Crippen LogP contribution is 2.52. The molecule has 1 atom stereocenters. The molecule has 0 spiro atoms. The highest BCUT2D eigenvalue weighted by molar-refractivity contribution is 5.29. The zero-order valence-electron chi connectivity index (χ0n) is 15.8. The quantitative estimate of drug-likeness (QED) is 0.657. The summed E-state index contributed by atoms with van der Waals surface area (Å²) in [6, 6.07) is 12.0. The van der Waals surface area contributed by atoms with Crippen LogP contribution in [0, 0.1) is 5.82 Å². The number of fused-ring (bicyclic) bond motifs is 2. The molecule has 2 saturated heterocycles. The van der Waals surface area contributed by atoms with Gasteiger partial charge in [0.25, 0.3) is 0 Å². The molecule has 2 heterocycles. The van der Waals surface area contributed by atoms with E-state index in [-0.39, 0.29) is 17.1 Å². The molecular weight excluding hydrogens is 386 g/mol. The van der Waals surface area contributed by atoms with Crippen LogP contribution in [0.25, 0.3) is 0 Å². The van der Waals surface area contributed by atoms with Crippen molar-refractivity contribution < 1.29 is 27.4 Å². The van der Waals surface area contributed by atoms with E-state index in [2.05, 4.69) is 10.1 Å². The number of aryl methyl sites for hydroxylation is 1. The molecule has 0 radical (unpaired) electrons. The van der Waals surface area contributed by atoms with Gasteiger partial charge < -0.3 is 15.2 Å². The molecule has 29 heavy (non-hydrogen) atoms. The molecule has 3 nitrogen and oxygen atoms in total. The maximum absolute atomic E-state index is 13.6. The maximum Gasteiger partial charge on any atom is 0.573 e. The Balaban J connectivity index is 1.39. The Hall–Kier alpha value is -2.12. The van der Waals surface area contributed by atoms with E-state index in [1.165, 1.54) is 24.3 Å². The zero-order chi connectivity index (χ0) is 20.7. The average Bonchev–Trinajstić information content (AvgIpc) is 3.24. The Morgan fingerprint density at radius 2 is 1.72 bits per heavy atom. The van der Waals surface area contributed by atoms with E-state index in [9.17, 15) is 22.7 Å². The first-order valence-corrected chi connectivity index (χ1v) is 9.76. The van der Waals surface area contributed by atoms with Gasteiger partial charge in [0.1, 0.15) is 11.6 Å². The fraction of sp³-hybridized carbons (Fsp3) is 0.455. The first-order chi connectivity index (χ1) is 13.7. The van der Waals surface area contributed by atoms with Crippen LogP contribution in [0.2, 0.25) is 0 Å². The summed E-state index contributed by atoms with van der Waals surface area (Å²) in [6.07, 6.45) is -0.490. The van der Waals surface area contributed by atoms with Crippen LogP contribution in [0.5, 0.6) is 5.75 Å². The van der Waals surface area contributed by atoms with Crippen LogP contribution in [-0.2, 0) is 6.42 Å². The highest BCUT2D eigenvalue weighted by Gasteiger charge is 2.56. The van der Waals surface area contributed by atoms with Crippen molar-refractivity contribution in [2.45, 2.75) is 62.1 Å². The molecule has 2 aromatic rings. The molecule has 0 aliphatic carbocycles. The summed E-state index contributed by atoms with van der Waals surface area (Å²) in [5.41, 5.74) is 0.967. The Kier molecular flexibility index (Phi) is 5.07. The second-order valence-corrected chi connectivity index (χ2v) is 8.21. The van der Waals surface area contributed by atoms with Gasteiger partial charge in [0.15, 0.2) is 0 Å². The molecule has 0 aromatic heterocycles. The lowest BCUT2D eigenvalue weighted by Gasteiger charge is -2.32. The van der Waals surface area contributed by atoms with Gasteiger partial charge >= 0.3 is 6.36 Å². The van der Waals surface area contributed by atoms with Gasteiger partial charge in [-0.05, 0) is 73.9 Å². The third-order valence-electron chi connectivity index (χ3n) is 6.35. The van der Waals surface area contributed by atoms with Gasteiger partial charge in [-0.3, -0.25) is 0 Å². The van der Waals surface area contributed by atoms with Gasteiger partial charge in [0.2, 0.25) is 0 Å². The number of nitrogens with one attached hydrogen (secondary N) is 1. The Bertz CT molecular complexity index is 858. The summed E-state index contributed by atoms with van der Waals surface area (Å²) in [5.74, 6) is -0.588. The van der Waals surface area contributed by atoms with Crippen molar-refractivity contribution >= 4 is 0 Å². The number of aliphatic hydroxyl groups is 1. The Morgan fingerprint density at radius 1 is 1.03 bits per heavy atom. The number of rotatable bonds is 6. The molecule has 2 aromatic carbocycles. The topological polar surface area (TPSA) is 41.5 Å². The van der Waals surface area contributed by atoms with Crippen LogP contribution in [0.4, 0.5) is 17.6 Å². The van der Waals surface area contributed by atoms with E-state index in [0.717, 1.165) is 37.7 Å². The van der Waals surface area contributed by atoms with Crippen molar-refractivity contribution in [1.29, 1.82) is 0 Å². The highest BCUT2D eigenvalue weighted by atomic mass is 19.4. The summed E-state index contributed by atoms with van der Waals surface area (Å²) in [4.78, 5) is 0. The van der Waals surface area contributed by atoms with Crippen molar-refractivity contribution in [3.63, 3.8) is 0 Å². The summed E-state index contributed by atoms with van der Waals surface area (Å²) >= 11 is 0. The molecule has 7 heteroatoms. The molecular formula is C22H23F4NO2. The monoisotopic (exact) mass is 409 g/mol. The molecule has 0 amide bonds. The smallest absolute Gasteiger partial charge is 0.406 e. The lowest BCUT2D eigenvalue weighted by atomic mass is 9.76. The van der Waals surface area contributed by atoms with Crippen molar-refractivity contribution in [2.24, 2.45) is 0 Å². The SMILES string of the molecule is OC(c1cccc(F)c1)C12CCC(CCc3ccc(OC(F)(F)F)cc3)(CC1)N2. The van der Waals surface area contributed by atoms with E-state index >= 15 is 0 Å². The number of benzene rings is 2. The number of ether oxygens (including phenoxy) is 1. The third-order valence-corrected chi connectivity index (χ3v) is 6.35. The molecule has 2 bridgehead atoms. The van der Waals surface area contributed by atoms with Crippen LogP contribution in [-0.4, -0.2) is 22.5 Å². The van der Waals surface area contributed by atoms with E-state index < -0.39 is 18.0 Å². The summed E-state index contributed by atoms with van der Waals surface area (Å²) in [5, 5.41) is 14.5. The normalized spacial score (nSPS) is 27.2. The molecule has 1 unspecified atom stereocenters. The van der Waals surface area contributed by atoms with E-state index in [0.29, 0.717) is 12.0 Å². The summed E-state index contributed by atoms with van der Waals surface area (Å²) in [6.45, 7) is 0. The van der Waals surface area contributed by atoms with E-state index in [1.807, 2.05) is 0 Å². The second kappa shape index (κ2) is 7.29. The lowest BCUT2D eigenvalue weighted by molar-refractivity contribution is -0.274. The van der Waals surface area contributed by atoms with Crippen molar-refractivity contribution in [3.8, 4) is 5.75 Å². The fourth-order valence-electron chi connectivity index (χ4n) is 4.84. The van der Waals surface area contributed by atoms with Crippen LogP contribution in [0.15, 0.2) is 48.5 Å². The average molecular weight is 409 g/mol. The van der Waals surface area contributed by atoms with Crippen molar-refractivity contribution in [1.82, 2.24) is 5.32 Å². The van der Waals surface area contributed by atoms with E-state index in [4.69, 9.17) is 0 Å². The van der Waals surface area contributed by atoms with Gasteiger partial charge in [-0.2, -0.15) is 0 Å². The van der Waals surface area contributed by atoms with Gasteiger partial charge in [0.05, 0.1) is 6.10 Å². The van der Waals surface area contributed by atoms with Crippen LogP contribution in [0.3, 0.4) is 0 Å². The van der Waals surface area contributed by atoms with Gasteiger partial charge in [-0.15, -0.1) is 13.2 Å².